The molecule has 0 aliphatic carbocycles. The maximum atomic E-state index is 10.3. The van der Waals surface area contributed by atoms with Crippen LogP contribution in [0.25, 0.3) is 0 Å². The third-order valence-corrected chi connectivity index (χ3v) is 4.07. The molecule has 1 aromatic heterocycles. The van der Waals surface area contributed by atoms with E-state index in [1.165, 1.54) is 11.3 Å². The van der Waals surface area contributed by atoms with Gasteiger partial charge in [-0.3, -0.25) is 0 Å². The molecule has 0 aliphatic rings. The van der Waals surface area contributed by atoms with Crippen molar-refractivity contribution in [3.05, 3.63) is 45.1 Å². The molecule has 5 heteroatoms. The molecule has 0 amide bonds. The minimum atomic E-state index is -0.653. The van der Waals surface area contributed by atoms with Crippen LogP contribution >= 0.6 is 22.9 Å². The number of ether oxygens (including phenoxy) is 2. The molecule has 0 radical (unpaired) electrons. The smallest absolute Gasteiger partial charge is 0.124 e. The number of aliphatic hydroxyl groups excluding tert-OH is 1. The predicted octanol–water partition coefficient (Wildman–Crippen LogP) is 3.69. The van der Waals surface area contributed by atoms with Crippen molar-refractivity contribution in [3.8, 4) is 11.5 Å². The zero-order chi connectivity index (χ0) is 13.8. The Bertz CT molecular complexity index is 553. The first kappa shape index (κ1) is 14.2. The molecule has 0 aliphatic heterocycles. The third-order valence-electron chi connectivity index (χ3n) is 2.82. The second-order valence-corrected chi connectivity index (χ2v) is 5.83. The standard InChI is InChI=1S/C14H15ClO3S/c1-17-9-3-5-13(18-2)11(7-9)12(16)8-10-4-6-14(15)19-10/h3-7,12,16H,8H2,1-2H3. The summed E-state index contributed by atoms with van der Waals surface area (Å²) in [4.78, 5) is 1.03. The van der Waals surface area contributed by atoms with E-state index in [-0.39, 0.29) is 0 Å². The third kappa shape index (κ3) is 3.41. The van der Waals surface area contributed by atoms with Crippen LogP contribution < -0.4 is 9.47 Å². The van der Waals surface area contributed by atoms with Gasteiger partial charge in [0.15, 0.2) is 0 Å². The highest BCUT2D eigenvalue weighted by atomic mass is 35.5. The molecule has 3 nitrogen and oxygen atoms in total. The summed E-state index contributed by atoms with van der Waals surface area (Å²) in [5.41, 5.74) is 0.714. The van der Waals surface area contributed by atoms with Gasteiger partial charge in [-0.25, -0.2) is 0 Å². The topological polar surface area (TPSA) is 38.7 Å². The molecule has 1 heterocycles. The van der Waals surface area contributed by atoms with E-state index in [4.69, 9.17) is 21.1 Å². The van der Waals surface area contributed by atoms with Gasteiger partial charge in [0.25, 0.3) is 0 Å². The lowest BCUT2D eigenvalue weighted by Gasteiger charge is -2.15. The Morgan fingerprint density at radius 3 is 2.58 bits per heavy atom. The molecule has 1 unspecified atom stereocenters. The molecule has 0 saturated carbocycles. The number of thiophene rings is 1. The quantitative estimate of drug-likeness (QED) is 0.915. The van der Waals surface area contributed by atoms with Gasteiger partial charge in [0.1, 0.15) is 11.5 Å². The average molecular weight is 299 g/mol. The van der Waals surface area contributed by atoms with E-state index in [2.05, 4.69) is 0 Å². The molecule has 0 saturated heterocycles. The van der Waals surface area contributed by atoms with Crippen LogP contribution in [0.4, 0.5) is 0 Å². The maximum Gasteiger partial charge on any atom is 0.124 e. The fraction of sp³-hybridized carbons (Fsp3) is 0.286. The van der Waals surface area contributed by atoms with Gasteiger partial charge in [-0.1, -0.05) is 11.6 Å². The number of aliphatic hydroxyl groups is 1. The number of rotatable bonds is 5. The van der Waals surface area contributed by atoms with E-state index in [0.29, 0.717) is 23.5 Å². The monoisotopic (exact) mass is 298 g/mol. The Balaban J connectivity index is 2.23. The number of hydrogen-bond donors (Lipinski definition) is 1. The van der Waals surface area contributed by atoms with Crippen LogP contribution in [-0.4, -0.2) is 19.3 Å². The van der Waals surface area contributed by atoms with E-state index in [1.807, 2.05) is 12.1 Å². The average Bonchev–Trinajstić information content (AvgIpc) is 2.83. The van der Waals surface area contributed by atoms with Gasteiger partial charge < -0.3 is 14.6 Å². The van der Waals surface area contributed by atoms with Crippen molar-refractivity contribution < 1.29 is 14.6 Å². The Labute approximate surface area is 121 Å². The molecule has 2 rings (SSSR count). The van der Waals surface area contributed by atoms with Crippen LogP contribution in [0.3, 0.4) is 0 Å². The SMILES string of the molecule is COc1ccc(OC)c(C(O)Cc2ccc(Cl)s2)c1. The normalized spacial score (nSPS) is 12.2. The Morgan fingerprint density at radius 1 is 1.21 bits per heavy atom. The number of benzene rings is 1. The first-order valence-corrected chi connectivity index (χ1v) is 6.97. The van der Waals surface area contributed by atoms with Gasteiger partial charge in [-0.15, -0.1) is 11.3 Å². The van der Waals surface area contributed by atoms with Crippen molar-refractivity contribution >= 4 is 22.9 Å². The van der Waals surface area contributed by atoms with Gasteiger partial charge in [-0.2, -0.15) is 0 Å². The summed E-state index contributed by atoms with van der Waals surface area (Å²) in [6, 6.07) is 9.13. The highest BCUT2D eigenvalue weighted by Crippen LogP contribution is 2.33. The van der Waals surface area contributed by atoms with E-state index in [1.54, 1.807) is 32.4 Å². The fourth-order valence-corrected chi connectivity index (χ4v) is 2.99. The number of methoxy groups -OCH3 is 2. The summed E-state index contributed by atoms with van der Waals surface area (Å²) >= 11 is 7.36. The van der Waals surface area contributed by atoms with Gasteiger partial charge >= 0.3 is 0 Å². The van der Waals surface area contributed by atoms with Crippen molar-refractivity contribution in [3.63, 3.8) is 0 Å². The summed E-state index contributed by atoms with van der Waals surface area (Å²) in [5.74, 6) is 1.34. The van der Waals surface area contributed by atoms with Crippen LogP contribution in [0.15, 0.2) is 30.3 Å². The molecular weight excluding hydrogens is 284 g/mol. The van der Waals surface area contributed by atoms with E-state index in [0.717, 1.165) is 9.21 Å². The summed E-state index contributed by atoms with van der Waals surface area (Å²) in [6.07, 6.45) is -0.152. The summed E-state index contributed by atoms with van der Waals surface area (Å²) in [5, 5.41) is 10.3. The van der Waals surface area contributed by atoms with Gasteiger partial charge in [-0.05, 0) is 30.3 Å². The van der Waals surface area contributed by atoms with Crippen molar-refractivity contribution in [1.82, 2.24) is 0 Å². The number of halogens is 1. The van der Waals surface area contributed by atoms with Gasteiger partial charge in [0.2, 0.25) is 0 Å². The lowest BCUT2D eigenvalue weighted by Crippen LogP contribution is -2.03. The van der Waals surface area contributed by atoms with Gasteiger partial charge in [0, 0.05) is 16.9 Å². The first-order valence-electron chi connectivity index (χ1n) is 5.78. The van der Waals surface area contributed by atoms with Crippen molar-refractivity contribution in [2.75, 3.05) is 14.2 Å². The Kier molecular flexibility index (Phi) is 4.69. The highest BCUT2D eigenvalue weighted by Gasteiger charge is 2.16. The lowest BCUT2D eigenvalue weighted by atomic mass is 10.0. The molecule has 0 fully saturated rings. The minimum Gasteiger partial charge on any atom is -0.497 e. The molecule has 1 aromatic carbocycles. The first-order chi connectivity index (χ1) is 9.13. The van der Waals surface area contributed by atoms with Crippen LogP contribution in [0, 0.1) is 0 Å². The summed E-state index contributed by atoms with van der Waals surface area (Å²) in [6.45, 7) is 0. The summed E-state index contributed by atoms with van der Waals surface area (Å²) in [7, 11) is 3.18. The van der Waals surface area contributed by atoms with E-state index in [9.17, 15) is 5.11 Å². The van der Waals surface area contributed by atoms with E-state index < -0.39 is 6.10 Å². The van der Waals surface area contributed by atoms with Gasteiger partial charge in [0.05, 0.1) is 24.7 Å². The van der Waals surface area contributed by atoms with Crippen LogP contribution in [-0.2, 0) is 6.42 Å². The molecule has 102 valence electrons. The van der Waals surface area contributed by atoms with Crippen molar-refractivity contribution in [1.29, 1.82) is 0 Å². The van der Waals surface area contributed by atoms with Crippen molar-refractivity contribution in [2.45, 2.75) is 12.5 Å². The maximum absolute atomic E-state index is 10.3. The molecule has 19 heavy (non-hydrogen) atoms. The van der Waals surface area contributed by atoms with Crippen molar-refractivity contribution in [2.24, 2.45) is 0 Å². The fourth-order valence-electron chi connectivity index (χ4n) is 1.86. The lowest BCUT2D eigenvalue weighted by molar-refractivity contribution is 0.174. The summed E-state index contributed by atoms with van der Waals surface area (Å²) < 4.78 is 11.2. The molecule has 2 aromatic rings. The molecule has 0 bridgehead atoms. The Morgan fingerprint density at radius 2 is 2.00 bits per heavy atom. The number of hydrogen-bond acceptors (Lipinski definition) is 4. The Hall–Kier alpha value is -1.23. The zero-order valence-corrected chi connectivity index (χ0v) is 12.3. The zero-order valence-electron chi connectivity index (χ0n) is 10.7. The molecule has 0 spiro atoms. The second kappa shape index (κ2) is 6.28. The van der Waals surface area contributed by atoms with E-state index >= 15 is 0 Å². The molecule has 1 atom stereocenters. The van der Waals surface area contributed by atoms with Crippen LogP contribution in [0.5, 0.6) is 11.5 Å². The van der Waals surface area contributed by atoms with Crippen LogP contribution in [0.1, 0.15) is 16.5 Å². The second-order valence-electron chi connectivity index (χ2n) is 4.03. The highest BCUT2D eigenvalue weighted by molar-refractivity contribution is 7.16. The molecular formula is C14H15ClO3S. The largest absolute Gasteiger partial charge is 0.497 e. The predicted molar refractivity (Wildman–Crippen MR) is 77.5 cm³/mol. The van der Waals surface area contributed by atoms with Crippen LogP contribution in [0.2, 0.25) is 4.34 Å². The minimum absolute atomic E-state index is 0.501. The molecule has 1 N–H and O–H groups in total.